The Kier molecular flexibility index (Phi) is 3.75. The van der Waals surface area contributed by atoms with Crippen LogP contribution in [0.25, 0.3) is 0 Å². The molecule has 0 aromatic heterocycles. The molecule has 1 aromatic carbocycles. The van der Waals surface area contributed by atoms with Gasteiger partial charge in [0.25, 0.3) is 0 Å². The van der Waals surface area contributed by atoms with Crippen LogP contribution in [0.3, 0.4) is 0 Å². The summed E-state index contributed by atoms with van der Waals surface area (Å²) in [6.07, 6.45) is 5.78. The zero-order valence-corrected chi connectivity index (χ0v) is 12.3. The summed E-state index contributed by atoms with van der Waals surface area (Å²) in [4.78, 5) is 12.3. The third-order valence-corrected chi connectivity index (χ3v) is 3.56. The fourth-order valence-electron chi connectivity index (χ4n) is 2.32. The third kappa shape index (κ3) is 3.44. The lowest BCUT2D eigenvalue weighted by Crippen LogP contribution is -2.12. The Morgan fingerprint density at radius 1 is 1.26 bits per heavy atom. The van der Waals surface area contributed by atoms with Crippen molar-refractivity contribution in [2.24, 2.45) is 0 Å². The van der Waals surface area contributed by atoms with Crippen molar-refractivity contribution in [1.82, 2.24) is 0 Å². The molecule has 19 heavy (non-hydrogen) atoms. The van der Waals surface area contributed by atoms with Gasteiger partial charge in [0.15, 0.2) is 5.78 Å². The Hall–Kier alpha value is -1.63. The highest BCUT2D eigenvalue weighted by atomic mass is 16.1. The minimum atomic E-state index is 0.0844. The van der Waals surface area contributed by atoms with Gasteiger partial charge in [-0.2, -0.15) is 0 Å². The van der Waals surface area contributed by atoms with Crippen LogP contribution < -0.4 is 0 Å². The van der Waals surface area contributed by atoms with Crippen molar-refractivity contribution in [3.05, 3.63) is 58.7 Å². The summed E-state index contributed by atoms with van der Waals surface area (Å²) in [6.45, 7) is 8.59. The summed E-state index contributed by atoms with van der Waals surface area (Å²) in [6, 6.07) is 8.04. The quantitative estimate of drug-likeness (QED) is 0.706. The van der Waals surface area contributed by atoms with Gasteiger partial charge >= 0.3 is 0 Å². The Bertz CT molecular complexity index is 553. The molecule has 0 bridgehead atoms. The zero-order chi connectivity index (χ0) is 14.0. The van der Waals surface area contributed by atoms with E-state index in [0.29, 0.717) is 6.42 Å². The number of Topliss-reactive ketones (excluding diaryl/α,β-unsaturated/α-hetero) is 1. The van der Waals surface area contributed by atoms with Crippen LogP contribution >= 0.6 is 0 Å². The number of hydrogen-bond acceptors (Lipinski definition) is 1. The van der Waals surface area contributed by atoms with Gasteiger partial charge in [-0.1, -0.05) is 62.3 Å². The Labute approximate surface area is 116 Å². The highest BCUT2D eigenvalue weighted by Gasteiger charge is 2.16. The Morgan fingerprint density at radius 2 is 2.00 bits per heavy atom. The van der Waals surface area contributed by atoms with Crippen molar-refractivity contribution in [3.63, 3.8) is 0 Å². The van der Waals surface area contributed by atoms with E-state index in [9.17, 15) is 4.79 Å². The second-order valence-corrected chi connectivity index (χ2v) is 6.39. The van der Waals surface area contributed by atoms with Gasteiger partial charge in [-0.05, 0) is 30.4 Å². The van der Waals surface area contributed by atoms with Crippen molar-refractivity contribution in [2.75, 3.05) is 0 Å². The molecule has 0 radical (unpaired) electrons. The molecule has 2 rings (SSSR count). The van der Waals surface area contributed by atoms with E-state index in [0.717, 1.165) is 12.0 Å². The lowest BCUT2D eigenvalue weighted by Gasteiger charge is -2.19. The van der Waals surface area contributed by atoms with E-state index >= 15 is 0 Å². The van der Waals surface area contributed by atoms with E-state index in [1.807, 2.05) is 18.2 Å². The lowest BCUT2D eigenvalue weighted by molar-refractivity contribution is 0.0992. The largest absolute Gasteiger partial charge is 0.294 e. The molecule has 1 heteroatoms. The number of carbonyl (C=O) groups excluding carboxylic acids is 1. The van der Waals surface area contributed by atoms with Crippen LogP contribution in [0.1, 0.15) is 56.5 Å². The molecule has 1 nitrogen and oxygen atoms in total. The standard InChI is InChI=1S/C18H22O/c1-13-8-9-14(10-13)11-17(19)15-6-5-7-16(12-15)18(2,3)4/h5-8,10,12H,9,11H2,1-4H3. The molecule has 0 N–H and O–H groups in total. The summed E-state index contributed by atoms with van der Waals surface area (Å²) >= 11 is 0. The zero-order valence-electron chi connectivity index (χ0n) is 12.3. The second kappa shape index (κ2) is 5.16. The molecule has 0 unspecified atom stereocenters. The maximum Gasteiger partial charge on any atom is 0.166 e. The first kappa shape index (κ1) is 13.8. The molecule has 0 heterocycles. The first-order chi connectivity index (χ1) is 8.86. The van der Waals surface area contributed by atoms with Crippen LogP contribution in [0.5, 0.6) is 0 Å². The average molecular weight is 254 g/mol. The first-order valence-electron chi connectivity index (χ1n) is 6.86. The molecule has 100 valence electrons. The van der Waals surface area contributed by atoms with E-state index in [-0.39, 0.29) is 11.2 Å². The highest BCUT2D eigenvalue weighted by Crippen LogP contribution is 2.25. The fourth-order valence-corrected chi connectivity index (χ4v) is 2.32. The van der Waals surface area contributed by atoms with Gasteiger partial charge in [0.2, 0.25) is 0 Å². The van der Waals surface area contributed by atoms with Crippen LogP contribution in [0, 0.1) is 0 Å². The van der Waals surface area contributed by atoms with Crippen LogP contribution in [0.15, 0.2) is 47.6 Å². The molecule has 0 spiro atoms. The molecular weight excluding hydrogens is 232 g/mol. The van der Waals surface area contributed by atoms with Gasteiger partial charge in [-0.25, -0.2) is 0 Å². The molecule has 0 atom stereocenters. The van der Waals surface area contributed by atoms with Crippen LogP contribution in [0.2, 0.25) is 0 Å². The maximum atomic E-state index is 12.3. The SMILES string of the molecule is CC1=CCC(CC(=O)c2cccc(C(C)(C)C)c2)=C1. The normalized spacial score (nSPS) is 15.2. The van der Waals surface area contributed by atoms with Gasteiger partial charge in [-0.15, -0.1) is 0 Å². The molecular formula is C18H22O. The van der Waals surface area contributed by atoms with Crippen molar-refractivity contribution in [3.8, 4) is 0 Å². The molecule has 0 amide bonds. The molecule has 0 fully saturated rings. The highest BCUT2D eigenvalue weighted by molar-refractivity contribution is 5.97. The maximum absolute atomic E-state index is 12.3. The summed E-state index contributed by atoms with van der Waals surface area (Å²) in [5.74, 6) is 0.223. The third-order valence-electron chi connectivity index (χ3n) is 3.56. The molecule has 0 aliphatic heterocycles. The van der Waals surface area contributed by atoms with E-state index in [1.165, 1.54) is 16.7 Å². The number of hydrogen-bond donors (Lipinski definition) is 0. The summed E-state index contributed by atoms with van der Waals surface area (Å²) in [5.41, 5.74) is 4.63. The van der Waals surface area contributed by atoms with Crippen LogP contribution in [-0.4, -0.2) is 5.78 Å². The Balaban J connectivity index is 2.14. The first-order valence-corrected chi connectivity index (χ1v) is 6.86. The molecule has 1 aromatic rings. The number of carbonyl (C=O) groups is 1. The van der Waals surface area contributed by atoms with E-state index in [1.54, 1.807) is 0 Å². The number of rotatable bonds is 3. The summed E-state index contributed by atoms with van der Waals surface area (Å²) in [5, 5.41) is 0. The molecule has 1 aliphatic rings. The summed E-state index contributed by atoms with van der Waals surface area (Å²) < 4.78 is 0. The minimum absolute atomic E-state index is 0.0844. The number of ketones is 1. The van der Waals surface area contributed by atoms with Crippen LogP contribution in [-0.2, 0) is 5.41 Å². The van der Waals surface area contributed by atoms with Crippen LogP contribution in [0.4, 0.5) is 0 Å². The minimum Gasteiger partial charge on any atom is -0.294 e. The van der Waals surface area contributed by atoms with E-state index in [4.69, 9.17) is 0 Å². The second-order valence-electron chi connectivity index (χ2n) is 6.39. The van der Waals surface area contributed by atoms with Crippen molar-refractivity contribution >= 4 is 5.78 Å². The average Bonchev–Trinajstić information content (AvgIpc) is 2.74. The van der Waals surface area contributed by atoms with Crippen molar-refractivity contribution in [1.29, 1.82) is 0 Å². The van der Waals surface area contributed by atoms with E-state index in [2.05, 4.69) is 45.9 Å². The predicted molar refractivity (Wildman–Crippen MR) is 80.5 cm³/mol. The van der Waals surface area contributed by atoms with Crippen molar-refractivity contribution in [2.45, 2.75) is 46.0 Å². The van der Waals surface area contributed by atoms with Gasteiger partial charge < -0.3 is 0 Å². The van der Waals surface area contributed by atoms with Gasteiger partial charge in [0.1, 0.15) is 0 Å². The Morgan fingerprint density at radius 3 is 2.58 bits per heavy atom. The predicted octanol–water partition coefficient (Wildman–Crippen LogP) is 4.83. The van der Waals surface area contributed by atoms with Crippen molar-refractivity contribution < 1.29 is 4.79 Å². The van der Waals surface area contributed by atoms with Gasteiger partial charge in [-0.3, -0.25) is 4.79 Å². The molecule has 1 aliphatic carbocycles. The molecule has 0 saturated heterocycles. The fraction of sp³-hybridized carbons (Fsp3) is 0.389. The monoisotopic (exact) mass is 254 g/mol. The van der Waals surface area contributed by atoms with Gasteiger partial charge in [0.05, 0.1) is 0 Å². The van der Waals surface area contributed by atoms with E-state index < -0.39 is 0 Å². The smallest absolute Gasteiger partial charge is 0.166 e. The number of benzene rings is 1. The topological polar surface area (TPSA) is 17.1 Å². The molecule has 0 saturated carbocycles. The summed E-state index contributed by atoms with van der Waals surface area (Å²) in [7, 11) is 0. The van der Waals surface area contributed by atoms with Gasteiger partial charge in [0, 0.05) is 12.0 Å². The number of allylic oxidation sites excluding steroid dienone is 4. The lowest BCUT2D eigenvalue weighted by atomic mass is 9.85.